The topological polar surface area (TPSA) is 231 Å². The van der Waals surface area contributed by atoms with Crippen LogP contribution in [-0.2, 0) is 38.0 Å². The maximum atomic E-state index is 12.7. The predicted octanol–water partition coefficient (Wildman–Crippen LogP) is 1.92. The number of hydrogen-bond donors (Lipinski definition) is 7. The van der Waals surface area contributed by atoms with E-state index in [4.69, 9.17) is 28.4 Å². The van der Waals surface area contributed by atoms with Crippen LogP contribution in [-0.4, -0.2) is 142 Å². The molecule has 0 radical (unpaired) electrons. The van der Waals surface area contributed by atoms with Gasteiger partial charge >= 0.3 is 11.9 Å². The largest absolute Gasteiger partial charge is 0.462 e. The molecule has 2 rings (SSSR count). The molecule has 2 heterocycles. The number of ether oxygens (including phenoxy) is 6. The molecule has 15 heteroatoms. The van der Waals surface area contributed by atoms with Crippen LogP contribution in [0.4, 0.5) is 0 Å². The minimum Gasteiger partial charge on any atom is -0.462 e. The number of esters is 2. The van der Waals surface area contributed by atoms with Gasteiger partial charge in [0.05, 0.1) is 19.8 Å². The lowest BCUT2D eigenvalue weighted by Gasteiger charge is -2.42. The van der Waals surface area contributed by atoms with Crippen molar-refractivity contribution in [1.82, 2.24) is 0 Å². The van der Waals surface area contributed by atoms with Crippen LogP contribution in [0.15, 0.2) is 12.2 Å². The standard InChI is InChI=1S/C37H66O15/c1-3-5-7-8-9-10-11-12-13-14-15-16-17-18-20-29(40)50-25(22-47-28(39)19-6-4-2)23-48-36-35(46)33(44)31(42)27(52-36)24-49-37-34(45)32(43)30(41)26(21-38)51-37/h11-12,25-27,30-38,41-46H,3-10,13-24H2,1-2H3/b12-11-. The molecule has 2 aliphatic heterocycles. The lowest BCUT2D eigenvalue weighted by atomic mass is 9.98. The highest BCUT2D eigenvalue weighted by molar-refractivity contribution is 5.70. The predicted molar refractivity (Wildman–Crippen MR) is 188 cm³/mol. The lowest BCUT2D eigenvalue weighted by molar-refractivity contribution is -0.332. The minimum absolute atomic E-state index is 0.156. The summed E-state index contributed by atoms with van der Waals surface area (Å²) in [6.07, 6.45) is 2.70. The molecule has 0 aliphatic carbocycles. The summed E-state index contributed by atoms with van der Waals surface area (Å²) in [6, 6.07) is 0. The van der Waals surface area contributed by atoms with Crippen LogP contribution in [0.3, 0.4) is 0 Å². The molecule has 0 spiro atoms. The quantitative estimate of drug-likeness (QED) is 0.0361. The van der Waals surface area contributed by atoms with E-state index in [0.29, 0.717) is 12.8 Å². The van der Waals surface area contributed by atoms with Crippen molar-refractivity contribution in [3.05, 3.63) is 12.2 Å². The van der Waals surface area contributed by atoms with Crippen molar-refractivity contribution in [2.45, 2.75) is 184 Å². The molecule has 0 saturated carbocycles. The fourth-order valence-electron chi connectivity index (χ4n) is 5.89. The molecule has 7 N–H and O–H groups in total. The van der Waals surface area contributed by atoms with Gasteiger partial charge in [-0.2, -0.15) is 0 Å². The Morgan fingerprint density at radius 1 is 0.596 bits per heavy atom. The highest BCUT2D eigenvalue weighted by atomic mass is 16.7. The molecular formula is C37H66O15. The number of carbonyl (C=O) groups excluding carboxylic acids is 2. The van der Waals surface area contributed by atoms with Crippen molar-refractivity contribution < 1.29 is 73.8 Å². The molecule has 52 heavy (non-hydrogen) atoms. The van der Waals surface area contributed by atoms with Crippen molar-refractivity contribution >= 4 is 11.9 Å². The SMILES string of the molecule is CCCCCCC/C=C\CCCCCCCC(=O)OC(COC(=O)CCCC)COC1OC(COC2OC(CO)C(O)C(O)C2O)C(O)C(O)C1O. The maximum Gasteiger partial charge on any atom is 0.306 e. The summed E-state index contributed by atoms with van der Waals surface area (Å²) in [6.45, 7) is 2.25. The van der Waals surface area contributed by atoms with E-state index in [1.807, 2.05) is 6.92 Å². The van der Waals surface area contributed by atoms with E-state index in [1.54, 1.807) is 0 Å². The molecule has 11 atom stereocenters. The van der Waals surface area contributed by atoms with E-state index in [0.717, 1.165) is 44.9 Å². The molecule has 2 aliphatic rings. The van der Waals surface area contributed by atoms with E-state index >= 15 is 0 Å². The number of aliphatic hydroxyl groups is 7. The maximum absolute atomic E-state index is 12.7. The highest BCUT2D eigenvalue weighted by Gasteiger charge is 2.47. The van der Waals surface area contributed by atoms with Gasteiger partial charge in [0.15, 0.2) is 18.7 Å². The molecule has 11 unspecified atom stereocenters. The molecule has 0 aromatic carbocycles. The van der Waals surface area contributed by atoms with Gasteiger partial charge in [-0.3, -0.25) is 9.59 Å². The summed E-state index contributed by atoms with van der Waals surface area (Å²) < 4.78 is 32.9. The average molecular weight is 751 g/mol. The summed E-state index contributed by atoms with van der Waals surface area (Å²) in [5.41, 5.74) is 0. The molecule has 2 saturated heterocycles. The highest BCUT2D eigenvalue weighted by Crippen LogP contribution is 2.26. The van der Waals surface area contributed by atoms with Gasteiger partial charge in [-0.15, -0.1) is 0 Å². The fraction of sp³-hybridized carbons (Fsp3) is 0.892. The molecule has 0 amide bonds. The number of rotatable bonds is 27. The summed E-state index contributed by atoms with van der Waals surface area (Å²) in [5, 5.41) is 71.2. The summed E-state index contributed by atoms with van der Waals surface area (Å²) in [7, 11) is 0. The summed E-state index contributed by atoms with van der Waals surface area (Å²) in [5.74, 6) is -0.978. The second-order valence-corrected chi connectivity index (χ2v) is 13.8. The van der Waals surface area contributed by atoms with Crippen molar-refractivity contribution in [2.24, 2.45) is 0 Å². The first-order valence-electron chi connectivity index (χ1n) is 19.3. The number of unbranched alkanes of at least 4 members (excludes halogenated alkanes) is 11. The van der Waals surface area contributed by atoms with Gasteiger partial charge in [0, 0.05) is 12.8 Å². The zero-order valence-corrected chi connectivity index (χ0v) is 31.0. The van der Waals surface area contributed by atoms with Crippen molar-refractivity contribution in [1.29, 1.82) is 0 Å². The molecule has 15 nitrogen and oxygen atoms in total. The Balaban J connectivity index is 1.83. The van der Waals surface area contributed by atoms with Gasteiger partial charge in [-0.05, 0) is 38.5 Å². The van der Waals surface area contributed by atoms with Crippen LogP contribution in [0.1, 0.15) is 117 Å². The Hall–Kier alpha value is -1.76. The van der Waals surface area contributed by atoms with Crippen molar-refractivity contribution in [3.8, 4) is 0 Å². The first kappa shape index (κ1) is 46.4. The monoisotopic (exact) mass is 750 g/mol. The number of aliphatic hydroxyl groups excluding tert-OH is 7. The van der Waals surface area contributed by atoms with E-state index in [2.05, 4.69) is 19.1 Å². The van der Waals surface area contributed by atoms with E-state index in [-0.39, 0.29) is 26.1 Å². The summed E-state index contributed by atoms with van der Waals surface area (Å²) in [4.78, 5) is 24.9. The molecule has 0 aromatic heterocycles. The van der Waals surface area contributed by atoms with Gasteiger partial charge in [0.2, 0.25) is 0 Å². The second-order valence-electron chi connectivity index (χ2n) is 13.8. The second kappa shape index (κ2) is 26.9. The minimum atomic E-state index is -1.76. The Morgan fingerprint density at radius 3 is 1.73 bits per heavy atom. The Morgan fingerprint density at radius 2 is 1.12 bits per heavy atom. The third kappa shape index (κ3) is 17.1. The Bertz CT molecular complexity index is 981. The van der Waals surface area contributed by atoms with Gasteiger partial charge < -0.3 is 64.2 Å². The van der Waals surface area contributed by atoms with Crippen LogP contribution >= 0.6 is 0 Å². The van der Waals surface area contributed by atoms with Crippen LogP contribution in [0.25, 0.3) is 0 Å². The molecular weight excluding hydrogens is 684 g/mol. The Kier molecular flexibility index (Phi) is 24.0. The summed E-state index contributed by atoms with van der Waals surface area (Å²) >= 11 is 0. The first-order valence-corrected chi connectivity index (χ1v) is 19.3. The third-order valence-corrected chi connectivity index (χ3v) is 9.24. The number of carbonyl (C=O) groups is 2. The van der Waals surface area contributed by atoms with Crippen LogP contribution in [0, 0.1) is 0 Å². The van der Waals surface area contributed by atoms with Gasteiger partial charge in [0.25, 0.3) is 0 Å². The van der Waals surface area contributed by atoms with E-state index in [1.165, 1.54) is 32.1 Å². The Labute approximate surface area is 308 Å². The zero-order valence-electron chi connectivity index (χ0n) is 31.0. The van der Waals surface area contributed by atoms with Gasteiger partial charge in [0.1, 0.15) is 55.4 Å². The molecule has 304 valence electrons. The van der Waals surface area contributed by atoms with Gasteiger partial charge in [-0.1, -0.05) is 77.4 Å². The normalized spacial score (nSPS) is 30.0. The van der Waals surface area contributed by atoms with Crippen LogP contribution in [0.5, 0.6) is 0 Å². The van der Waals surface area contributed by atoms with E-state index in [9.17, 15) is 45.3 Å². The fourth-order valence-corrected chi connectivity index (χ4v) is 5.89. The number of hydrogen-bond acceptors (Lipinski definition) is 15. The molecule has 0 aromatic rings. The molecule has 0 bridgehead atoms. The van der Waals surface area contributed by atoms with Crippen molar-refractivity contribution in [3.63, 3.8) is 0 Å². The average Bonchev–Trinajstić information content (AvgIpc) is 3.14. The zero-order chi connectivity index (χ0) is 38.3. The molecule has 2 fully saturated rings. The van der Waals surface area contributed by atoms with E-state index < -0.39 is 92.7 Å². The van der Waals surface area contributed by atoms with Crippen LogP contribution in [0.2, 0.25) is 0 Å². The van der Waals surface area contributed by atoms with Crippen LogP contribution < -0.4 is 0 Å². The third-order valence-electron chi connectivity index (χ3n) is 9.24. The number of allylic oxidation sites excluding steroid dienone is 2. The smallest absolute Gasteiger partial charge is 0.306 e. The van der Waals surface area contributed by atoms with Gasteiger partial charge in [-0.25, -0.2) is 0 Å². The first-order chi connectivity index (χ1) is 25.0. The van der Waals surface area contributed by atoms with Crippen molar-refractivity contribution in [2.75, 3.05) is 26.4 Å². The lowest BCUT2D eigenvalue weighted by Crippen LogP contribution is -2.61.